The van der Waals surface area contributed by atoms with Crippen molar-refractivity contribution in [2.24, 2.45) is 5.92 Å². The van der Waals surface area contributed by atoms with Gasteiger partial charge >= 0.3 is 5.97 Å². The number of aryl methyl sites for hydroxylation is 1. The number of hydrogen-bond donors (Lipinski definition) is 1. The molecule has 1 aliphatic carbocycles. The zero-order valence-corrected chi connectivity index (χ0v) is 17.5. The Bertz CT molecular complexity index is 897. The van der Waals surface area contributed by atoms with Gasteiger partial charge in [-0.25, -0.2) is 13.9 Å². The molecule has 29 heavy (non-hydrogen) atoms. The molecule has 0 bridgehead atoms. The second-order valence-corrected chi connectivity index (χ2v) is 7.92. The monoisotopic (exact) mass is 421 g/mol. The number of rotatable bonds is 5. The summed E-state index contributed by atoms with van der Waals surface area (Å²) in [5.74, 6) is -1.03. The van der Waals surface area contributed by atoms with Crippen molar-refractivity contribution in [3.63, 3.8) is 0 Å². The molecule has 1 saturated carbocycles. The van der Waals surface area contributed by atoms with Crippen molar-refractivity contribution in [2.45, 2.75) is 58.6 Å². The van der Waals surface area contributed by atoms with E-state index in [9.17, 15) is 14.0 Å². The number of nitrogens with one attached hydrogen (secondary N) is 1. The van der Waals surface area contributed by atoms with E-state index < -0.39 is 12.1 Å². The van der Waals surface area contributed by atoms with Gasteiger partial charge in [0.05, 0.1) is 11.4 Å². The number of benzene rings is 1. The second-order valence-electron chi connectivity index (χ2n) is 7.56. The lowest BCUT2D eigenvalue weighted by molar-refractivity contribution is -0.130. The Labute approximate surface area is 174 Å². The lowest BCUT2D eigenvalue weighted by Crippen LogP contribution is -2.46. The lowest BCUT2D eigenvalue weighted by Gasteiger charge is -2.30. The molecule has 1 heterocycles. The number of carbonyl (C=O) groups excluding carboxylic acids is 2. The third kappa shape index (κ3) is 4.78. The quantitative estimate of drug-likeness (QED) is 0.734. The van der Waals surface area contributed by atoms with Crippen molar-refractivity contribution in [1.29, 1.82) is 0 Å². The van der Waals surface area contributed by atoms with Crippen LogP contribution in [0.3, 0.4) is 0 Å². The summed E-state index contributed by atoms with van der Waals surface area (Å²) < 4.78 is 19.8. The predicted octanol–water partition coefficient (Wildman–Crippen LogP) is 4.21. The topological polar surface area (TPSA) is 73.2 Å². The molecule has 0 aliphatic heterocycles. The van der Waals surface area contributed by atoms with Crippen LogP contribution >= 0.6 is 11.6 Å². The number of esters is 1. The average molecular weight is 422 g/mol. The van der Waals surface area contributed by atoms with Gasteiger partial charge in [0.15, 0.2) is 6.10 Å². The third-order valence-corrected chi connectivity index (χ3v) is 5.72. The van der Waals surface area contributed by atoms with Gasteiger partial charge in [-0.15, -0.1) is 0 Å². The molecule has 1 aromatic carbocycles. The smallest absolute Gasteiger partial charge is 0.344 e. The molecule has 0 spiro atoms. The van der Waals surface area contributed by atoms with Crippen LogP contribution in [0.1, 0.15) is 55.6 Å². The molecule has 1 amide bonds. The summed E-state index contributed by atoms with van der Waals surface area (Å²) in [4.78, 5) is 25.1. The van der Waals surface area contributed by atoms with E-state index in [1.165, 1.54) is 42.3 Å². The molecule has 8 heteroatoms. The normalized spacial score (nSPS) is 20.2. The number of hydrogen-bond acceptors (Lipinski definition) is 4. The summed E-state index contributed by atoms with van der Waals surface area (Å²) in [6.07, 6.45) is 3.31. The van der Waals surface area contributed by atoms with Gasteiger partial charge in [0.2, 0.25) is 0 Å². The van der Waals surface area contributed by atoms with Crippen LogP contribution in [0.2, 0.25) is 5.15 Å². The molecule has 2 aromatic rings. The van der Waals surface area contributed by atoms with Crippen LogP contribution in [0.25, 0.3) is 5.69 Å². The molecule has 1 aliphatic rings. The van der Waals surface area contributed by atoms with E-state index in [1.807, 2.05) is 0 Å². The highest BCUT2D eigenvalue weighted by atomic mass is 35.5. The Morgan fingerprint density at radius 1 is 1.28 bits per heavy atom. The Hall–Kier alpha value is -2.41. The summed E-state index contributed by atoms with van der Waals surface area (Å²) >= 11 is 6.34. The molecule has 0 radical (unpaired) electrons. The molecular formula is C21H25ClFN3O3. The zero-order valence-electron chi connectivity index (χ0n) is 16.7. The number of aromatic nitrogens is 2. The van der Waals surface area contributed by atoms with E-state index in [0.717, 1.165) is 19.3 Å². The van der Waals surface area contributed by atoms with Crippen LogP contribution in [0.5, 0.6) is 0 Å². The SMILES string of the molecule is Cc1nn(-c2ccc(F)cc2)c(Cl)c1C(=O)O[C@@H](C)C(=O)N[C@@H]1CCCC[C@@H]1C. The molecule has 1 aromatic heterocycles. The Balaban J connectivity index is 1.70. The molecule has 6 nitrogen and oxygen atoms in total. The standard InChI is InChI=1S/C21H25ClFN3O3/c1-12-6-4-5-7-17(12)24-20(27)14(3)29-21(28)18-13(2)25-26(19(18)22)16-10-8-15(23)9-11-16/h8-12,14,17H,4-7H2,1-3H3,(H,24,27)/t12-,14-,17+/m0/s1. The molecule has 156 valence electrons. The van der Waals surface area contributed by atoms with E-state index in [1.54, 1.807) is 6.92 Å². The number of halogens is 2. The van der Waals surface area contributed by atoms with Crippen molar-refractivity contribution in [3.05, 3.63) is 46.5 Å². The van der Waals surface area contributed by atoms with Gasteiger partial charge < -0.3 is 10.1 Å². The summed E-state index contributed by atoms with van der Waals surface area (Å²) in [5.41, 5.74) is 0.954. The minimum Gasteiger partial charge on any atom is -0.449 e. The highest BCUT2D eigenvalue weighted by molar-refractivity contribution is 6.33. The first-order valence-electron chi connectivity index (χ1n) is 9.80. The molecule has 3 atom stereocenters. The summed E-state index contributed by atoms with van der Waals surface area (Å²) in [7, 11) is 0. The first-order valence-corrected chi connectivity index (χ1v) is 10.2. The van der Waals surface area contributed by atoms with Gasteiger partial charge in [-0.1, -0.05) is 31.4 Å². The fourth-order valence-electron chi connectivity index (χ4n) is 3.59. The van der Waals surface area contributed by atoms with Gasteiger partial charge in [0, 0.05) is 6.04 Å². The summed E-state index contributed by atoms with van der Waals surface area (Å²) in [6, 6.07) is 5.66. The van der Waals surface area contributed by atoms with E-state index in [0.29, 0.717) is 17.3 Å². The van der Waals surface area contributed by atoms with Crippen molar-refractivity contribution in [3.8, 4) is 5.69 Å². The van der Waals surface area contributed by atoms with E-state index in [2.05, 4.69) is 17.3 Å². The maximum atomic E-state index is 13.2. The highest BCUT2D eigenvalue weighted by Crippen LogP contribution is 2.26. The van der Waals surface area contributed by atoms with Crippen LogP contribution in [-0.2, 0) is 9.53 Å². The van der Waals surface area contributed by atoms with Gasteiger partial charge in [0.1, 0.15) is 16.5 Å². The van der Waals surface area contributed by atoms with Crippen LogP contribution in [0.4, 0.5) is 4.39 Å². The summed E-state index contributed by atoms with van der Waals surface area (Å²) in [5, 5.41) is 7.28. The van der Waals surface area contributed by atoms with Crippen molar-refractivity contribution < 1.29 is 18.7 Å². The predicted molar refractivity (Wildman–Crippen MR) is 108 cm³/mol. The molecule has 1 fully saturated rings. The highest BCUT2D eigenvalue weighted by Gasteiger charge is 2.29. The van der Waals surface area contributed by atoms with E-state index >= 15 is 0 Å². The first kappa shape index (κ1) is 21.3. The second kappa shape index (κ2) is 8.95. The van der Waals surface area contributed by atoms with E-state index in [4.69, 9.17) is 16.3 Å². The molecule has 1 N–H and O–H groups in total. The van der Waals surface area contributed by atoms with Crippen molar-refractivity contribution >= 4 is 23.5 Å². The van der Waals surface area contributed by atoms with Crippen LogP contribution < -0.4 is 5.32 Å². The number of nitrogens with zero attached hydrogens (tertiary/aromatic N) is 2. The Morgan fingerprint density at radius 2 is 1.93 bits per heavy atom. The Morgan fingerprint density at radius 3 is 2.59 bits per heavy atom. The minimum absolute atomic E-state index is 0.0487. The number of carbonyl (C=O) groups is 2. The van der Waals surface area contributed by atoms with Crippen LogP contribution in [0, 0.1) is 18.7 Å². The fraction of sp³-hybridized carbons (Fsp3) is 0.476. The van der Waals surface area contributed by atoms with E-state index in [-0.39, 0.29) is 28.5 Å². The van der Waals surface area contributed by atoms with Gasteiger partial charge in [-0.2, -0.15) is 5.10 Å². The van der Waals surface area contributed by atoms with Crippen LogP contribution in [0.15, 0.2) is 24.3 Å². The van der Waals surface area contributed by atoms with Crippen LogP contribution in [-0.4, -0.2) is 33.8 Å². The first-order chi connectivity index (χ1) is 13.8. The molecule has 0 saturated heterocycles. The average Bonchev–Trinajstić information content (AvgIpc) is 2.98. The molecule has 0 unspecified atom stereocenters. The Kier molecular flexibility index (Phi) is 6.57. The number of amides is 1. The lowest BCUT2D eigenvalue weighted by atomic mass is 9.86. The number of ether oxygens (including phenoxy) is 1. The molecular weight excluding hydrogens is 397 g/mol. The molecule has 3 rings (SSSR count). The zero-order chi connectivity index (χ0) is 21.1. The van der Waals surface area contributed by atoms with Gasteiger partial charge in [0.25, 0.3) is 5.91 Å². The summed E-state index contributed by atoms with van der Waals surface area (Å²) in [6.45, 7) is 5.28. The fourth-order valence-corrected chi connectivity index (χ4v) is 3.94. The maximum absolute atomic E-state index is 13.2. The van der Waals surface area contributed by atoms with Crippen molar-refractivity contribution in [1.82, 2.24) is 15.1 Å². The van der Waals surface area contributed by atoms with Gasteiger partial charge in [-0.3, -0.25) is 4.79 Å². The van der Waals surface area contributed by atoms with Crippen molar-refractivity contribution in [2.75, 3.05) is 0 Å². The maximum Gasteiger partial charge on any atom is 0.344 e. The van der Waals surface area contributed by atoms with Gasteiger partial charge in [-0.05, 0) is 56.9 Å². The third-order valence-electron chi connectivity index (χ3n) is 5.37. The minimum atomic E-state index is -0.957. The largest absolute Gasteiger partial charge is 0.449 e.